The Morgan fingerprint density at radius 1 is 1.06 bits per heavy atom. The van der Waals surface area contributed by atoms with E-state index in [0.29, 0.717) is 12.1 Å². The minimum atomic E-state index is 0.493. The van der Waals surface area contributed by atoms with Crippen LogP contribution in [-0.2, 0) is 0 Å². The van der Waals surface area contributed by atoms with Gasteiger partial charge in [0.15, 0.2) is 0 Å². The molecule has 0 aromatic carbocycles. The van der Waals surface area contributed by atoms with Crippen molar-refractivity contribution in [3.8, 4) is 0 Å². The topological polar surface area (TPSA) is 61.9 Å². The van der Waals surface area contributed by atoms with Crippen molar-refractivity contribution in [3.63, 3.8) is 0 Å². The van der Waals surface area contributed by atoms with E-state index in [4.69, 9.17) is 0 Å². The van der Waals surface area contributed by atoms with E-state index < -0.39 is 0 Å². The van der Waals surface area contributed by atoms with Crippen LogP contribution in [0.1, 0.15) is 25.7 Å². The Hall–Kier alpha value is -1.36. The van der Waals surface area contributed by atoms with Gasteiger partial charge in [0.05, 0.1) is 0 Å². The number of aromatic nitrogens is 2. The van der Waals surface area contributed by atoms with Crippen molar-refractivity contribution >= 4 is 11.6 Å². The van der Waals surface area contributed by atoms with E-state index in [0.717, 1.165) is 24.7 Å². The van der Waals surface area contributed by atoms with Gasteiger partial charge in [0, 0.05) is 24.7 Å². The normalized spacial score (nSPS) is 24.4. The maximum Gasteiger partial charge on any atom is 0.131 e. The average molecular weight is 233 g/mol. The monoisotopic (exact) mass is 233 g/mol. The van der Waals surface area contributed by atoms with E-state index in [1.807, 2.05) is 6.07 Å². The quantitative estimate of drug-likeness (QED) is 0.730. The Morgan fingerprint density at radius 3 is 2.47 bits per heavy atom. The second-order valence-corrected chi connectivity index (χ2v) is 4.89. The molecule has 1 aromatic rings. The van der Waals surface area contributed by atoms with Crippen molar-refractivity contribution in [3.05, 3.63) is 12.4 Å². The maximum absolute atomic E-state index is 4.27. The summed E-state index contributed by atoms with van der Waals surface area (Å²) in [6, 6.07) is 3.13. The highest BCUT2D eigenvalue weighted by atomic mass is 15.1. The smallest absolute Gasteiger partial charge is 0.131 e. The van der Waals surface area contributed by atoms with Crippen LogP contribution in [0.5, 0.6) is 0 Å². The molecule has 17 heavy (non-hydrogen) atoms. The molecular formula is C12H19N5. The first-order valence-electron chi connectivity index (χ1n) is 6.46. The minimum Gasteiger partial charge on any atom is -0.367 e. The van der Waals surface area contributed by atoms with Gasteiger partial charge in [-0.05, 0) is 32.2 Å². The second kappa shape index (κ2) is 4.87. The number of nitrogens with zero attached hydrogens (tertiary/aromatic N) is 2. The van der Waals surface area contributed by atoms with E-state index in [2.05, 4.69) is 25.9 Å². The molecule has 1 saturated carbocycles. The number of piperidine rings is 1. The van der Waals surface area contributed by atoms with Gasteiger partial charge in [0.25, 0.3) is 0 Å². The first kappa shape index (κ1) is 10.8. The molecule has 1 unspecified atom stereocenters. The predicted molar refractivity (Wildman–Crippen MR) is 68.2 cm³/mol. The lowest BCUT2D eigenvalue weighted by Gasteiger charge is -2.24. The molecule has 0 radical (unpaired) electrons. The molecule has 5 nitrogen and oxygen atoms in total. The van der Waals surface area contributed by atoms with Crippen molar-refractivity contribution in [1.82, 2.24) is 15.3 Å². The third-order valence-corrected chi connectivity index (χ3v) is 3.25. The number of nitrogens with one attached hydrogen (secondary N) is 3. The molecule has 5 heteroatoms. The first-order chi connectivity index (χ1) is 8.40. The zero-order valence-electron chi connectivity index (χ0n) is 9.95. The SMILES string of the molecule is c1nc(NC2CC2)cc(NC2CCCNC2)n1. The Kier molecular flexibility index (Phi) is 3.09. The van der Waals surface area contributed by atoms with E-state index in [1.165, 1.54) is 25.7 Å². The number of anilines is 2. The summed E-state index contributed by atoms with van der Waals surface area (Å²) < 4.78 is 0. The average Bonchev–Trinajstić information content (AvgIpc) is 3.15. The molecule has 3 N–H and O–H groups in total. The van der Waals surface area contributed by atoms with Crippen molar-refractivity contribution in [2.75, 3.05) is 23.7 Å². The van der Waals surface area contributed by atoms with Crippen molar-refractivity contribution in [1.29, 1.82) is 0 Å². The largest absolute Gasteiger partial charge is 0.367 e. The molecule has 2 aliphatic rings. The standard InChI is InChI=1S/C12H19N5/c1-2-10(7-13-5-1)17-12-6-11(14-8-15-12)16-9-3-4-9/h6,8-10,13H,1-5,7H2,(H2,14,15,16,17). The molecule has 92 valence electrons. The van der Waals surface area contributed by atoms with Gasteiger partial charge in [-0.15, -0.1) is 0 Å². The molecular weight excluding hydrogens is 214 g/mol. The summed E-state index contributed by atoms with van der Waals surface area (Å²) in [6.07, 6.45) is 6.60. The number of rotatable bonds is 4. The zero-order valence-corrected chi connectivity index (χ0v) is 9.95. The summed E-state index contributed by atoms with van der Waals surface area (Å²) in [5.74, 6) is 1.87. The van der Waals surface area contributed by atoms with Crippen LogP contribution >= 0.6 is 0 Å². The van der Waals surface area contributed by atoms with Crippen LogP contribution in [0.15, 0.2) is 12.4 Å². The van der Waals surface area contributed by atoms with Gasteiger partial charge in [-0.1, -0.05) is 0 Å². The predicted octanol–water partition coefficient (Wildman–Crippen LogP) is 1.21. The summed E-state index contributed by atoms with van der Waals surface area (Å²) >= 11 is 0. The van der Waals surface area contributed by atoms with E-state index in [1.54, 1.807) is 6.33 Å². The lowest BCUT2D eigenvalue weighted by atomic mass is 10.1. The molecule has 2 heterocycles. The Bertz CT molecular complexity index is 371. The highest BCUT2D eigenvalue weighted by molar-refractivity contribution is 5.48. The molecule has 1 aliphatic carbocycles. The molecule has 1 saturated heterocycles. The minimum absolute atomic E-state index is 0.493. The molecule has 1 atom stereocenters. The highest BCUT2D eigenvalue weighted by Gasteiger charge is 2.21. The summed E-state index contributed by atoms with van der Waals surface area (Å²) in [4.78, 5) is 8.51. The fraction of sp³-hybridized carbons (Fsp3) is 0.667. The summed E-state index contributed by atoms with van der Waals surface area (Å²) in [5.41, 5.74) is 0. The lowest BCUT2D eigenvalue weighted by molar-refractivity contribution is 0.479. The summed E-state index contributed by atoms with van der Waals surface area (Å²) in [5, 5.41) is 10.2. The van der Waals surface area contributed by atoms with E-state index in [9.17, 15) is 0 Å². The zero-order chi connectivity index (χ0) is 11.5. The third kappa shape index (κ3) is 3.06. The number of hydrogen-bond donors (Lipinski definition) is 3. The molecule has 0 amide bonds. The van der Waals surface area contributed by atoms with Gasteiger partial charge in [-0.3, -0.25) is 0 Å². The van der Waals surface area contributed by atoms with Crippen LogP contribution in [0.2, 0.25) is 0 Å². The molecule has 1 aliphatic heterocycles. The van der Waals surface area contributed by atoms with Gasteiger partial charge in [0.1, 0.15) is 18.0 Å². The van der Waals surface area contributed by atoms with E-state index in [-0.39, 0.29) is 0 Å². The molecule has 0 bridgehead atoms. The maximum atomic E-state index is 4.27. The summed E-state index contributed by atoms with van der Waals surface area (Å²) in [6.45, 7) is 2.16. The molecule has 2 fully saturated rings. The van der Waals surface area contributed by atoms with Crippen LogP contribution in [0, 0.1) is 0 Å². The molecule has 1 aromatic heterocycles. The van der Waals surface area contributed by atoms with Crippen LogP contribution in [0.25, 0.3) is 0 Å². The van der Waals surface area contributed by atoms with Crippen molar-refractivity contribution in [2.45, 2.75) is 37.8 Å². The van der Waals surface area contributed by atoms with Gasteiger partial charge >= 0.3 is 0 Å². The van der Waals surface area contributed by atoms with Crippen molar-refractivity contribution in [2.24, 2.45) is 0 Å². The lowest BCUT2D eigenvalue weighted by Crippen LogP contribution is -2.38. The Balaban J connectivity index is 1.60. The van der Waals surface area contributed by atoms with Crippen LogP contribution in [0.4, 0.5) is 11.6 Å². The van der Waals surface area contributed by atoms with Gasteiger partial charge < -0.3 is 16.0 Å². The fourth-order valence-corrected chi connectivity index (χ4v) is 2.14. The second-order valence-electron chi connectivity index (χ2n) is 4.89. The van der Waals surface area contributed by atoms with Crippen LogP contribution in [-0.4, -0.2) is 35.1 Å². The number of hydrogen-bond acceptors (Lipinski definition) is 5. The van der Waals surface area contributed by atoms with Gasteiger partial charge in [-0.25, -0.2) is 9.97 Å². The molecule has 3 rings (SSSR count). The van der Waals surface area contributed by atoms with Gasteiger partial charge in [-0.2, -0.15) is 0 Å². The first-order valence-corrected chi connectivity index (χ1v) is 6.46. The summed E-state index contributed by atoms with van der Waals surface area (Å²) in [7, 11) is 0. The highest BCUT2D eigenvalue weighted by Crippen LogP contribution is 2.24. The molecule has 0 spiro atoms. The van der Waals surface area contributed by atoms with Crippen LogP contribution in [0.3, 0.4) is 0 Å². The van der Waals surface area contributed by atoms with Gasteiger partial charge in [0.2, 0.25) is 0 Å². The van der Waals surface area contributed by atoms with E-state index >= 15 is 0 Å². The van der Waals surface area contributed by atoms with Crippen LogP contribution < -0.4 is 16.0 Å². The third-order valence-electron chi connectivity index (χ3n) is 3.25. The van der Waals surface area contributed by atoms with Crippen molar-refractivity contribution < 1.29 is 0 Å². The Labute approximate surface area is 101 Å². The fourth-order valence-electron chi connectivity index (χ4n) is 2.14. The Morgan fingerprint density at radius 2 is 1.82 bits per heavy atom.